The van der Waals surface area contributed by atoms with E-state index in [2.05, 4.69) is 25.2 Å². The molecule has 1 rings (SSSR count). The van der Waals surface area contributed by atoms with Crippen LogP contribution < -0.4 is 5.32 Å². The molecule has 0 saturated heterocycles. The second kappa shape index (κ2) is 6.21. The molecule has 0 heterocycles. The Morgan fingerprint density at radius 1 is 1.33 bits per heavy atom. The standard InChI is InChI=1S/C13H18N2/c1-3-4-11(2)15-10-13-7-5-12(9-14)6-8-13/h5-8,11,15H,3-4,10H2,1-2H3. The summed E-state index contributed by atoms with van der Waals surface area (Å²) in [6.45, 7) is 5.28. The normalized spacial score (nSPS) is 12.1. The molecule has 0 spiro atoms. The Labute approximate surface area is 91.9 Å². The smallest absolute Gasteiger partial charge is 0.0991 e. The number of benzene rings is 1. The van der Waals surface area contributed by atoms with Crippen LogP contribution in [0.1, 0.15) is 37.8 Å². The molecule has 1 unspecified atom stereocenters. The topological polar surface area (TPSA) is 35.8 Å². The van der Waals surface area contributed by atoms with Crippen molar-refractivity contribution in [3.63, 3.8) is 0 Å². The van der Waals surface area contributed by atoms with Gasteiger partial charge < -0.3 is 5.32 Å². The largest absolute Gasteiger partial charge is 0.310 e. The van der Waals surface area contributed by atoms with E-state index in [4.69, 9.17) is 5.26 Å². The molecule has 2 heteroatoms. The molecule has 0 bridgehead atoms. The van der Waals surface area contributed by atoms with E-state index < -0.39 is 0 Å². The van der Waals surface area contributed by atoms with Crippen LogP contribution in [0, 0.1) is 11.3 Å². The molecule has 0 aliphatic rings. The predicted molar refractivity (Wildman–Crippen MR) is 62.4 cm³/mol. The fourth-order valence-electron chi connectivity index (χ4n) is 1.52. The van der Waals surface area contributed by atoms with Crippen LogP contribution >= 0.6 is 0 Å². The number of nitriles is 1. The summed E-state index contributed by atoms with van der Waals surface area (Å²) in [5.74, 6) is 0. The molecule has 0 aliphatic carbocycles. The first-order chi connectivity index (χ1) is 7.26. The first kappa shape index (κ1) is 11.7. The van der Waals surface area contributed by atoms with Gasteiger partial charge in [-0.2, -0.15) is 5.26 Å². The maximum atomic E-state index is 8.65. The van der Waals surface area contributed by atoms with E-state index in [0.717, 1.165) is 12.1 Å². The Balaban J connectivity index is 2.41. The minimum atomic E-state index is 0.561. The Hall–Kier alpha value is -1.33. The highest BCUT2D eigenvalue weighted by Gasteiger charge is 1.99. The molecule has 1 aromatic rings. The summed E-state index contributed by atoms with van der Waals surface area (Å²) in [5.41, 5.74) is 1.96. The third kappa shape index (κ3) is 4.14. The monoisotopic (exact) mass is 202 g/mol. The summed E-state index contributed by atoms with van der Waals surface area (Å²) in [6.07, 6.45) is 2.41. The van der Waals surface area contributed by atoms with Crippen LogP contribution in [0.5, 0.6) is 0 Å². The lowest BCUT2D eigenvalue weighted by Crippen LogP contribution is -2.24. The molecule has 15 heavy (non-hydrogen) atoms. The third-order valence-electron chi connectivity index (χ3n) is 2.46. The predicted octanol–water partition coefficient (Wildman–Crippen LogP) is 2.84. The molecule has 0 aromatic heterocycles. The van der Waals surface area contributed by atoms with Crippen molar-refractivity contribution in [2.24, 2.45) is 0 Å². The number of hydrogen-bond donors (Lipinski definition) is 1. The van der Waals surface area contributed by atoms with Crippen molar-refractivity contribution in [2.75, 3.05) is 0 Å². The third-order valence-corrected chi connectivity index (χ3v) is 2.46. The summed E-state index contributed by atoms with van der Waals surface area (Å²) in [4.78, 5) is 0. The molecule has 1 aromatic carbocycles. The Morgan fingerprint density at radius 3 is 2.53 bits per heavy atom. The van der Waals surface area contributed by atoms with Crippen LogP contribution in [0.15, 0.2) is 24.3 Å². The second-order valence-electron chi connectivity index (χ2n) is 3.88. The van der Waals surface area contributed by atoms with Gasteiger partial charge in [0.1, 0.15) is 0 Å². The van der Waals surface area contributed by atoms with Crippen LogP contribution in [-0.4, -0.2) is 6.04 Å². The lowest BCUT2D eigenvalue weighted by Gasteiger charge is -2.12. The van der Waals surface area contributed by atoms with E-state index in [1.807, 2.05) is 24.3 Å². The van der Waals surface area contributed by atoms with E-state index in [-0.39, 0.29) is 0 Å². The van der Waals surface area contributed by atoms with Crippen LogP contribution in [-0.2, 0) is 6.54 Å². The van der Waals surface area contributed by atoms with Crippen molar-refractivity contribution in [1.82, 2.24) is 5.32 Å². The Kier molecular flexibility index (Phi) is 4.86. The van der Waals surface area contributed by atoms with Crippen molar-refractivity contribution in [1.29, 1.82) is 5.26 Å². The van der Waals surface area contributed by atoms with Gasteiger partial charge in [0.25, 0.3) is 0 Å². The van der Waals surface area contributed by atoms with Gasteiger partial charge in [0.15, 0.2) is 0 Å². The minimum Gasteiger partial charge on any atom is -0.310 e. The highest BCUT2D eigenvalue weighted by atomic mass is 14.9. The summed E-state index contributed by atoms with van der Waals surface area (Å²) in [5, 5.41) is 12.1. The van der Waals surface area contributed by atoms with E-state index in [9.17, 15) is 0 Å². The fraction of sp³-hybridized carbons (Fsp3) is 0.462. The number of nitrogens with zero attached hydrogens (tertiary/aromatic N) is 1. The molecule has 2 nitrogen and oxygen atoms in total. The lowest BCUT2D eigenvalue weighted by molar-refractivity contribution is 0.508. The maximum absolute atomic E-state index is 8.65. The summed E-state index contributed by atoms with van der Waals surface area (Å²) in [7, 11) is 0. The van der Waals surface area contributed by atoms with Crippen LogP contribution in [0.25, 0.3) is 0 Å². The first-order valence-electron chi connectivity index (χ1n) is 5.48. The zero-order valence-corrected chi connectivity index (χ0v) is 9.46. The number of nitrogens with one attached hydrogen (secondary N) is 1. The van der Waals surface area contributed by atoms with Crippen LogP contribution in [0.2, 0.25) is 0 Å². The van der Waals surface area contributed by atoms with Crippen molar-refractivity contribution < 1.29 is 0 Å². The zero-order valence-electron chi connectivity index (χ0n) is 9.46. The Morgan fingerprint density at radius 2 is 2.00 bits per heavy atom. The van der Waals surface area contributed by atoms with Crippen LogP contribution in [0.3, 0.4) is 0 Å². The van der Waals surface area contributed by atoms with E-state index in [1.165, 1.54) is 18.4 Å². The lowest BCUT2D eigenvalue weighted by atomic mass is 10.1. The van der Waals surface area contributed by atoms with Crippen molar-refractivity contribution in [3.8, 4) is 6.07 Å². The molecule has 0 aliphatic heterocycles. The van der Waals surface area contributed by atoms with Gasteiger partial charge in [-0.1, -0.05) is 25.5 Å². The quantitative estimate of drug-likeness (QED) is 0.797. The zero-order chi connectivity index (χ0) is 11.1. The van der Waals surface area contributed by atoms with Gasteiger partial charge in [-0.15, -0.1) is 0 Å². The highest BCUT2D eigenvalue weighted by molar-refractivity contribution is 5.31. The van der Waals surface area contributed by atoms with Gasteiger partial charge in [0.2, 0.25) is 0 Å². The SMILES string of the molecule is CCCC(C)NCc1ccc(C#N)cc1. The van der Waals surface area contributed by atoms with Crippen LogP contribution in [0.4, 0.5) is 0 Å². The van der Waals surface area contributed by atoms with Gasteiger partial charge in [0, 0.05) is 12.6 Å². The molecule has 1 atom stereocenters. The van der Waals surface area contributed by atoms with E-state index >= 15 is 0 Å². The fourth-order valence-corrected chi connectivity index (χ4v) is 1.52. The number of hydrogen-bond acceptors (Lipinski definition) is 2. The van der Waals surface area contributed by atoms with Crippen molar-refractivity contribution >= 4 is 0 Å². The summed E-state index contributed by atoms with van der Waals surface area (Å²) < 4.78 is 0. The van der Waals surface area contributed by atoms with Crippen molar-refractivity contribution in [3.05, 3.63) is 35.4 Å². The molecule has 0 amide bonds. The van der Waals surface area contributed by atoms with Gasteiger partial charge in [-0.05, 0) is 31.0 Å². The molecular formula is C13H18N2. The molecule has 1 N–H and O–H groups in total. The number of rotatable bonds is 5. The van der Waals surface area contributed by atoms with Crippen molar-refractivity contribution in [2.45, 2.75) is 39.3 Å². The first-order valence-corrected chi connectivity index (χ1v) is 5.48. The average molecular weight is 202 g/mol. The highest BCUT2D eigenvalue weighted by Crippen LogP contribution is 2.04. The van der Waals surface area contributed by atoms with Gasteiger partial charge >= 0.3 is 0 Å². The summed E-state index contributed by atoms with van der Waals surface area (Å²) in [6, 6.07) is 10.4. The molecule has 0 radical (unpaired) electrons. The maximum Gasteiger partial charge on any atom is 0.0991 e. The summed E-state index contributed by atoms with van der Waals surface area (Å²) >= 11 is 0. The molecule has 0 saturated carbocycles. The van der Waals surface area contributed by atoms with Gasteiger partial charge in [-0.25, -0.2) is 0 Å². The van der Waals surface area contributed by atoms with Gasteiger partial charge in [-0.3, -0.25) is 0 Å². The minimum absolute atomic E-state index is 0.561. The molecule has 80 valence electrons. The van der Waals surface area contributed by atoms with E-state index in [1.54, 1.807) is 0 Å². The average Bonchev–Trinajstić information content (AvgIpc) is 2.27. The molecule has 0 fully saturated rings. The van der Waals surface area contributed by atoms with E-state index in [0.29, 0.717) is 6.04 Å². The molecular weight excluding hydrogens is 184 g/mol. The second-order valence-corrected chi connectivity index (χ2v) is 3.88. The Bertz CT molecular complexity index is 321. The van der Waals surface area contributed by atoms with Gasteiger partial charge in [0.05, 0.1) is 11.6 Å².